The van der Waals surface area contributed by atoms with E-state index in [2.05, 4.69) is 40.9 Å². The molecule has 0 fully saturated rings. The third-order valence-corrected chi connectivity index (χ3v) is 2.63. The van der Waals surface area contributed by atoms with Crippen molar-refractivity contribution in [2.45, 2.75) is 19.9 Å². The van der Waals surface area contributed by atoms with Gasteiger partial charge in [-0.2, -0.15) is 11.8 Å². The molecule has 0 spiro atoms. The van der Waals surface area contributed by atoms with Crippen LogP contribution in [-0.2, 0) is 0 Å². The minimum absolute atomic E-state index is 0.680. The molecule has 0 aromatic rings. The fourth-order valence-electron chi connectivity index (χ4n) is 0.945. The molecule has 1 nitrogen and oxygen atoms in total. The minimum Gasteiger partial charge on any atom is -0.299 e. The highest BCUT2D eigenvalue weighted by Crippen LogP contribution is 2.01. The molecule has 0 saturated heterocycles. The number of rotatable bonds is 6. The van der Waals surface area contributed by atoms with Crippen LogP contribution in [0, 0.1) is 0 Å². The molecule has 0 aliphatic carbocycles. The van der Waals surface area contributed by atoms with E-state index in [4.69, 9.17) is 0 Å². The summed E-state index contributed by atoms with van der Waals surface area (Å²) in [7, 11) is 0. The second kappa shape index (κ2) is 7.44. The third kappa shape index (κ3) is 6.00. The van der Waals surface area contributed by atoms with Gasteiger partial charge in [-0.15, -0.1) is 0 Å². The van der Waals surface area contributed by atoms with Crippen molar-refractivity contribution in [1.82, 2.24) is 4.90 Å². The molecule has 11 heavy (non-hydrogen) atoms. The van der Waals surface area contributed by atoms with Crippen LogP contribution in [0.5, 0.6) is 0 Å². The van der Waals surface area contributed by atoms with Crippen LogP contribution in [0.3, 0.4) is 0 Å². The fourth-order valence-corrected chi connectivity index (χ4v) is 1.82. The first-order chi connectivity index (χ1) is 5.22. The van der Waals surface area contributed by atoms with Crippen LogP contribution >= 0.6 is 27.7 Å². The average molecular weight is 240 g/mol. The molecular formula is C8H18BrNS. The average Bonchev–Trinajstić information content (AvgIpc) is 1.97. The van der Waals surface area contributed by atoms with Gasteiger partial charge in [0.25, 0.3) is 0 Å². The molecule has 0 aliphatic heterocycles. The van der Waals surface area contributed by atoms with E-state index < -0.39 is 0 Å². The van der Waals surface area contributed by atoms with Crippen LogP contribution in [0.15, 0.2) is 0 Å². The molecule has 0 saturated carbocycles. The first-order valence-corrected chi connectivity index (χ1v) is 6.52. The Hall–Kier alpha value is 0.790. The summed E-state index contributed by atoms with van der Waals surface area (Å²) >= 11 is 5.38. The zero-order valence-electron chi connectivity index (χ0n) is 7.64. The first kappa shape index (κ1) is 11.8. The van der Waals surface area contributed by atoms with Crippen molar-refractivity contribution >= 4 is 27.7 Å². The summed E-state index contributed by atoms with van der Waals surface area (Å²) in [6, 6.07) is 0.680. The second-order valence-electron chi connectivity index (χ2n) is 2.81. The Bertz CT molecular complexity index is 88.2. The van der Waals surface area contributed by atoms with Gasteiger partial charge in [-0.1, -0.05) is 15.9 Å². The van der Waals surface area contributed by atoms with Gasteiger partial charge in [-0.05, 0) is 20.1 Å². The zero-order chi connectivity index (χ0) is 8.69. The Balaban J connectivity index is 3.51. The van der Waals surface area contributed by atoms with Gasteiger partial charge in [0.05, 0.1) is 0 Å². The van der Waals surface area contributed by atoms with E-state index in [-0.39, 0.29) is 0 Å². The molecule has 0 bridgehead atoms. The highest BCUT2D eigenvalue weighted by molar-refractivity contribution is 9.09. The summed E-state index contributed by atoms with van der Waals surface area (Å²) in [4.78, 5) is 2.49. The molecule has 0 radical (unpaired) electrons. The molecule has 0 rings (SSSR count). The summed E-state index contributed by atoms with van der Waals surface area (Å²) in [5.74, 6) is 1.24. The topological polar surface area (TPSA) is 3.24 Å². The maximum absolute atomic E-state index is 3.46. The molecular weight excluding hydrogens is 222 g/mol. The highest BCUT2D eigenvalue weighted by atomic mass is 79.9. The molecule has 0 atom stereocenters. The van der Waals surface area contributed by atoms with Gasteiger partial charge in [0.1, 0.15) is 0 Å². The van der Waals surface area contributed by atoms with Crippen molar-refractivity contribution in [1.29, 1.82) is 0 Å². The predicted octanol–water partition coefficient (Wildman–Crippen LogP) is 2.45. The van der Waals surface area contributed by atoms with E-state index >= 15 is 0 Å². The summed E-state index contributed by atoms with van der Waals surface area (Å²) in [6.45, 7) is 6.88. The van der Waals surface area contributed by atoms with Gasteiger partial charge in [-0.3, -0.25) is 4.90 Å². The van der Waals surface area contributed by atoms with Crippen LogP contribution in [0.4, 0.5) is 0 Å². The number of hydrogen-bond donors (Lipinski definition) is 0. The van der Waals surface area contributed by atoms with E-state index in [1.54, 1.807) is 0 Å². The molecule has 0 aromatic heterocycles. The van der Waals surface area contributed by atoms with Crippen molar-refractivity contribution in [3.63, 3.8) is 0 Å². The van der Waals surface area contributed by atoms with Crippen LogP contribution in [0.1, 0.15) is 13.8 Å². The number of halogens is 1. The van der Waals surface area contributed by atoms with Crippen LogP contribution in [-0.4, -0.2) is 41.4 Å². The SMILES string of the molecule is CSCCN(CCBr)C(C)C. The second-order valence-corrected chi connectivity index (χ2v) is 4.59. The van der Waals surface area contributed by atoms with Crippen molar-refractivity contribution in [3.8, 4) is 0 Å². The Morgan fingerprint density at radius 3 is 2.36 bits per heavy atom. The quantitative estimate of drug-likeness (QED) is 0.656. The molecule has 0 aromatic carbocycles. The Labute approximate surface area is 83.0 Å². The standard InChI is InChI=1S/C8H18BrNS/c1-8(2)10(5-4-9)6-7-11-3/h8H,4-7H2,1-3H3. The van der Waals surface area contributed by atoms with Gasteiger partial charge in [0.2, 0.25) is 0 Å². The predicted molar refractivity (Wildman–Crippen MR) is 58.9 cm³/mol. The van der Waals surface area contributed by atoms with Crippen molar-refractivity contribution in [3.05, 3.63) is 0 Å². The maximum atomic E-state index is 3.46. The lowest BCUT2D eigenvalue weighted by atomic mass is 10.3. The monoisotopic (exact) mass is 239 g/mol. The molecule has 3 heteroatoms. The lowest BCUT2D eigenvalue weighted by Gasteiger charge is -2.24. The zero-order valence-corrected chi connectivity index (χ0v) is 10.0. The van der Waals surface area contributed by atoms with Crippen molar-refractivity contribution < 1.29 is 0 Å². The van der Waals surface area contributed by atoms with Gasteiger partial charge < -0.3 is 0 Å². The van der Waals surface area contributed by atoms with Crippen LogP contribution in [0.25, 0.3) is 0 Å². The summed E-state index contributed by atoms with van der Waals surface area (Å²) in [5.41, 5.74) is 0. The van der Waals surface area contributed by atoms with Crippen LogP contribution in [0.2, 0.25) is 0 Å². The lowest BCUT2D eigenvalue weighted by molar-refractivity contribution is 0.251. The Kier molecular flexibility index (Phi) is 7.97. The molecule has 0 aliphatic rings. The van der Waals surface area contributed by atoms with E-state index in [1.807, 2.05) is 11.8 Å². The molecule has 0 N–H and O–H groups in total. The van der Waals surface area contributed by atoms with Gasteiger partial charge in [-0.25, -0.2) is 0 Å². The lowest BCUT2D eigenvalue weighted by Crippen LogP contribution is -2.34. The normalized spacial score (nSPS) is 11.5. The fraction of sp³-hybridized carbons (Fsp3) is 1.00. The van der Waals surface area contributed by atoms with Crippen molar-refractivity contribution in [2.24, 2.45) is 0 Å². The molecule has 0 unspecified atom stereocenters. The summed E-state index contributed by atoms with van der Waals surface area (Å²) in [6.07, 6.45) is 2.16. The highest BCUT2D eigenvalue weighted by Gasteiger charge is 2.06. The maximum Gasteiger partial charge on any atom is 0.0159 e. The van der Waals surface area contributed by atoms with Crippen molar-refractivity contribution in [2.75, 3.05) is 30.4 Å². The minimum atomic E-state index is 0.680. The van der Waals surface area contributed by atoms with Gasteiger partial charge in [0, 0.05) is 30.2 Å². The number of alkyl halides is 1. The van der Waals surface area contributed by atoms with E-state index in [9.17, 15) is 0 Å². The number of nitrogens with zero attached hydrogens (tertiary/aromatic N) is 1. The number of thioether (sulfide) groups is 1. The molecule has 0 heterocycles. The van der Waals surface area contributed by atoms with Gasteiger partial charge in [0.15, 0.2) is 0 Å². The Morgan fingerprint density at radius 1 is 1.36 bits per heavy atom. The Morgan fingerprint density at radius 2 is 2.00 bits per heavy atom. The molecule has 0 amide bonds. The summed E-state index contributed by atoms with van der Waals surface area (Å²) in [5, 5.41) is 1.08. The largest absolute Gasteiger partial charge is 0.299 e. The number of hydrogen-bond acceptors (Lipinski definition) is 2. The van der Waals surface area contributed by atoms with E-state index in [0.717, 1.165) is 11.9 Å². The third-order valence-electron chi connectivity index (χ3n) is 1.68. The first-order valence-electron chi connectivity index (χ1n) is 4.01. The van der Waals surface area contributed by atoms with Crippen LogP contribution < -0.4 is 0 Å². The van der Waals surface area contributed by atoms with Gasteiger partial charge >= 0.3 is 0 Å². The smallest absolute Gasteiger partial charge is 0.0159 e. The van der Waals surface area contributed by atoms with E-state index in [0.29, 0.717) is 6.04 Å². The molecule has 68 valence electrons. The van der Waals surface area contributed by atoms with E-state index in [1.165, 1.54) is 12.3 Å². The summed E-state index contributed by atoms with van der Waals surface area (Å²) < 4.78 is 0.